The molecule has 0 spiro atoms. The van der Waals surface area contributed by atoms with Crippen LogP contribution < -0.4 is 5.73 Å². The molecule has 110 valence electrons. The molecule has 0 saturated carbocycles. The van der Waals surface area contributed by atoms with Crippen LogP contribution in [0.25, 0.3) is 5.65 Å². The lowest BCUT2D eigenvalue weighted by Crippen LogP contribution is -2.39. The summed E-state index contributed by atoms with van der Waals surface area (Å²) in [6, 6.07) is 3.38. The highest BCUT2D eigenvalue weighted by molar-refractivity contribution is 5.50. The van der Waals surface area contributed by atoms with Crippen LogP contribution in [0.2, 0.25) is 0 Å². The maximum absolute atomic E-state index is 10.2. The van der Waals surface area contributed by atoms with Gasteiger partial charge in [0.1, 0.15) is 36.4 Å². The summed E-state index contributed by atoms with van der Waals surface area (Å²) in [6.07, 6.45) is -1.20. The first-order valence-corrected chi connectivity index (χ1v) is 6.18. The van der Waals surface area contributed by atoms with E-state index < -0.39 is 30.5 Å². The van der Waals surface area contributed by atoms with Crippen molar-refractivity contribution < 1.29 is 20.1 Å². The van der Waals surface area contributed by atoms with Crippen LogP contribution in [0.4, 0.5) is 5.95 Å². The van der Waals surface area contributed by atoms with Crippen molar-refractivity contribution in [2.24, 2.45) is 0 Å². The lowest BCUT2D eigenvalue weighted by Gasteiger charge is -2.23. The standard InChI is InChI=1S/C12H13N5O4/c13-4-12(10(20)9(19)7(3-18)21-12)6-1-8-15-5-16-11(14)17(8)2-6/h1-2,5,7,9-10,18-20H,3H2,(H2,14,15,16)/t7-,9-,10-,12+/m1/s1. The largest absolute Gasteiger partial charge is 0.394 e. The van der Waals surface area contributed by atoms with Crippen molar-refractivity contribution >= 4 is 11.6 Å². The normalized spacial score (nSPS) is 32.4. The van der Waals surface area contributed by atoms with E-state index in [-0.39, 0.29) is 11.5 Å². The van der Waals surface area contributed by atoms with Crippen LogP contribution >= 0.6 is 0 Å². The smallest absolute Gasteiger partial charge is 0.210 e. The van der Waals surface area contributed by atoms with Crippen LogP contribution in [0.1, 0.15) is 5.56 Å². The fourth-order valence-corrected chi connectivity index (χ4v) is 2.51. The number of anilines is 1. The van der Waals surface area contributed by atoms with E-state index in [0.717, 1.165) is 0 Å². The first kappa shape index (κ1) is 13.7. The highest BCUT2D eigenvalue weighted by Gasteiger charge is 2.56. The van der Waals surface area contributed by atoms with Crippen LogP contribution in [0.15, 0.2) is 18.6 Å². The third-order valence-electron chi connectivity index (χ3n) is 3.66. The number of hydrogen-bond acceptors (Lipinski definition) is 8. The van der Waals surface area contributed by atoms with E-state index in [1.165, 1.54) is 23.0 Å². The molecule has 1 fully saturated rings. The summed E-state index contributed by atoms with van der Waals surface area (Å²) >= 11 is 0. The Morgan fingerprint density at radius 3 is 2.81 bits per heavy atom. The van der Waals surface area contributed by atoms with E-state index in [0.29, 0.717) is 5.65 Å². The Morgan fingerprint density at radius 2 is 2.24 bits per heavy atom. The molecule has 2 aromatic rings. The minimum absolute atomic E-state index is 0.158. The van der Waals surface area contributed by atoms with Crippen molar-refractivity contribution in [3.63, 3.8) is 0 Å². The van der Waals surface area contributed by atoms with Crippen molar-refractivity contribution in [3.05, 3.63) is 24.2 Å². The summed E-state index contributed by atoms with van der Waals surface area (Å²) < 4.78 is 6.85. The van der Waals surface area contributed by atoms with E-state index in [9.17, 15) is 15.5 Å². The zero-order valence-electron chi connectivity index (χ0n) is 10.8. The van der Waals surface area contributed by atoms with Crippen molar-refractivity contribution in [2.75, 3.05) is 12.3 Å². The van der Waals surface area contributed by atoms with E-state index in [2.05, 4.69) is 9.97 Å². The Kier molecular flexibility index (Phi) is 3.03. The Balaban J connectivity index is 2.15. The van der Waals surface area contributed by atoms with Crippen LogP contribution in [0, 0.1) is 11.3 Å². The summed E-state index contributed by atoms with van der Waals surface area (Å²) in [6.45, 7) is -0.517. The van der Waals surface area contributed by atoms with Gasteiger partial charge in [-0.15, -0.1) is 0 Å². The van der Waals surface area contributed by atoms with Crippen LogP contribution in [-0.4, -0.2) is 54.6 Å². The predicted octanol–water partition coefficient (Wildman–Crippen LogP) is -1.86. The number of hydrogen-bond donors (Lipinski definition) is 4. The minimum atomic E-state index is -1.80. The highest BCUT2D eigenvalue weighted by atomic mass is 16.6. The van der Waals surface area contributed by atoms with Crippen LogP contribution in [-0.2, 0) is 10.3 Å². The Hall–Kier alpha value is -2.25. The second kappa shape index (κ2) is 4.64. The van der Waals surface area contributed by atoms with Gasteiger partial charge in [0.2, 0.25) is 11.5 Å². The van der Waals surface area contributed by atoms with Crippen molar-refractivity contribution in [1.29, 1.82) is 5.26 Å². The molecule has 2 aromatic heterocycles. The molecule has 0 aliphatic carbocycles. The molecule has 1 aliphatic heterocycles. The lowest BCUT2D eigenvalue weighted by molar-refractivity contribution is -0.0611. The second-order valence-electron chi connectivity index (χ2n) is 4.81. The molecule has 21 heavy (non-hydrogen) atoms. The Bertz CT molecular complexity index is 726. The van der Waals surface area contributed by atoms with Gasteiger partial charge in [-0.25, -0.2) is 9.97 Å². The van der Waals surface area contributed by atoms with Gasteiger partial charge in [-0.2, -0.15) is 5.26 Å². The molecule has 0 amide bonds. The fraction of sp³-hybridized carbons (Fsp3) is 0.417. The monoisotopic (exact) mass is 291 g/mol. The van der Waals surface area contributed by atoms with Gasteiger partial charge in [0.25, 0.3) is 0 Å². The molecule has 3 heterocycles. The summed E-state index contributed by atoms with van der Waals surface area (Å²) in [7, 11) is 0. The third-order valence-corrected chi connectivity index (χ3v) is 3.66. The van der Waals surface area contributed by atoms with E-state index in [1.807, 2.05) is 6.07 Å². The number of fused-ring (bicyclic) bond motifs is 1. The molecule has 4 atom stereocenters. The van der Waals surface area contributed by atoms with Gasteiger partial charge >= 0.3 is 0 Å². The Labute approximate surface area is 118 Å². The average molecular weight is 291 g/mol. The molecule has 1 saturated heterocycles. The highest BCUT2D eigenvalue weighted by Crippen LogP contribution is 2.40. The number of nitrogens with two attached hydrogens (primary N) is 1. The van der Waals surface area contributed by atoms with Gasteiger partial charge in [-0.05, 0) is 6.07 Å². The molecular weight excluding hydrogens is 278 g/mol. The SMILES string of the molecule is N#C[C@@]1(c2cc3ncnc(N)n3c2)O[C@H](CO)[C@@H](O)[C@H]1O. The average Bonchev–Trinajstić information content (AvgIpc) is 3.02. The molecule has 3 rings (SSSR count). The number of nitriles is 1. The summed E-state index contributed by atoms with van der Waals surface area (Å²) in [5.74, 6) is 0.158. The number of aliphatic hydroxyl groups is 3. The van der Waals surface area contributed by atoms with Gasteiger partial charge in [0, 0.05) is 11.8 Å². The molecule has 0 aromatic carbocycles. The first-order valence-electron chi connectivity index (χ1n) is 6.18. The molecule has 9 heteroatoms. The zero-order chi connectivity index (χ0) is 15.2. The number of aromatic nitrogens is 3. The summed E-state index contributed by atoms with van der Waals surface area (Å²) in [4.78, 5) is 7.81. The first-order chi connectivity index (χ1) is 10.0. The number of nitrogen functional groups attached to an aromatic ring is 1. The maximum Gasteiger partial charge on any atom is 0.210 e. The molecular formula is C12H13N5O4. The molecule has 5 N–H and O–H groups in total. The van der Waals surface area contributed by atoms with E-state index in [1.54, 1.807) is 0 Å². The number of aliphatic hydroxyl groups excluding tert-OH is 3. The molecule has 0 unspecified atom stereocenters. The number of rotatable bonds is 2. The second-order valence-corrected chi connectivity index (χ2v) is 4.81. The van der Waals surface area contributed by atoms with Gasteiger partial charge < -0.3 is 25.8 Å². The topological polar surface area (TPSA) is 150 Å². The molecule has 9 nitrogen and oxygen atoms in total. The van der Waals surface area contributed by atoms with Crippen molar-refractivity contribution in [3.8, 4) is 6.07 Å². The molecule has 0 bridgehead atoms. The quantitative estimate of drug-likeness (QED) is 0.503. The fourth-order valence-electron chi connectivity index (χ4n) is 2.51. The molecule has 1 aliphatic rings. The maximum atomic E-state index is 10.2. The summed E-state index contributed by atoms with van der Waals surface area (Å²) in [5, 5.41) is 38.7. The predicted molar refractivity (Wildman–Crippen MR) is 68.7 cm³/mol. The molecule has 0 radical (unpaired) electrons. The van der Waals surface area contributed by atoms with E-state index >= 15 is 0 Å². The lowest BCUT2D eigenvalue weighted by atomic mass is 9.90. The van der Waals surface area contributed by atoms with Crippen LogP contribution in [0.5, 0.6) is 0 Å². The van der Waals surface area contributed by atoms with Gasteiger partial charge in [0.05, 0.1) is 6.61 Å². The van der Waals surface area contributed by atoms with E-state index in [4.69, 9.17) is 15.6 Å². The van der Waals surface area contributed by atoms with Crippen molar-refractivity contribution in [2.45, 2.75) is 23.9 Å². The van der Waals surface area contributed by atoms with Gasteiger partial charge in [-0.1, -0.05) is 0 Å². The Morgan fingerprint density at radius 1 is 1.48 bits per heavy atom. The van der Waals surface area contributed by atoms with Crippen molar-refractivity contribution in [1.82, 2.24) is 14.4 Å². The minimum Gasteiger partial charge on any atom is -0.394 e. The number of ether oxygens (including phenoxy) is 1. The van der Waals surface area contributed by atoms with Gasteiger partial charge in [-0.3, -0.25) is 4.40 Å². The zero-order valence-corrected chi connectivity index (χ0v) is 10.8. The van der Waals surface area contributed by atoms with Gasteiger partial charge in [0.15, 0.2) is 0 Å². The number of nitrogens with zero attached hydrogens (tertiary/aromatic N) is 4. The third kappa shape index (κ3) is 1.78. The summed E-state index contributed by atoms with van der Waals surface area (Å²) in [5.41, 5.74) is 4.60. The van der Waals surface area contributed by atoms with Crippen LogP contribution in [0.3, 0.4) is 0 Å².